The molecular weight excluding hydrogens is 250 g/mol. The summed E-state index contributed by atoms with van der Waals surface area (Å²) < 4.78 is -0.270. The van der Waals surface area contributed by atoms with Gasteiger partial charge >= 0.3 is 0 Å². The molecule has 2 nitrogen and oxygen atoms in total. The summed E-state index contributed by atoms with van der Waals surface area (Å²) in [4.78, 5) is 10.2. The van der Waals surface area contributed by atoms with Crippen LogP contribution in [0.2, 0.25) is 0 Å². The van der Waals surface area contributed by atoms with Crippen LogP contribution in [0.1, 0.15) is 20.3 Å². The van der Waals surface area contributed by atoms with Gasteiger partial charge in [-0.1, -0.05) is 22.9 Å². The zero-order chi connectivity index (χ0) is 7.49. The van der Waals surface area contributed by atoms with Crippen molar-refractivity contribution < 1.29 is 4.79 Å². The number of amides is 1. The molecule has 1 amide bonds. The molecular formula is C5H9Br2NO. The summed E-state index contributed by atoms with van der Waals surface area (Å²) >= 11 is 6.09. The quantitative estimate of drug-likeness (QED) is 0.461. The summed E-state index contributed by atoms with van der Waals surface area (Å²) in [5, 5.41) is 2.66. The highest BCUT2D eigenvalue weighted by molar-refractivity contribution is 9.18. The third-order valence-electron chi connectivity index (χ3n) is 1.02. The van der Waals surface area contributed by atoms with E-state index in [9.17, 15) is 4.79 Å². The zero-order valence-corrected chi connectivity index (χ0v) is 8.54. The lowest BCUT2D eigenvalue weighted by Crippen LogP contribution is -2.36. The van der Waals surface area contributed by atoms with Crippen LogP contribution in [0.4, 0.5) is 4.79 Å². The first kappa shape index (κ1) is 9.43. The summed E-state index contributed by atoms with van der Waals surface area (Å²) in [7, 11) is 0. The van der Waals surface area contributed by atoms with Gasteiger partial charge in [0.05, 0.1) is 4.45 Å². The van der Waals surface area contributed by atoms with Crippen molar-refractivity contribution in [2.45, 2.75) is 24.7 Å². The van der Waals surface area contributed by atoms with E-state index < -0.39 is 0 Å². The second-order valence-corrected chi connectivity index (χ2v) is 4.42. The lowest BCUT2D eigenvalue weighted by Gasteiger charge is -2.19. The average Bonchev–Trinajstić information content (AvgIpc) is 1.63. The Balaban J connectivity index is 3.71. The Kier molecular flexibility index (Phi) is 3.73. The smallest absolute Gasteiger partial charge is 0.288 e. The SMILES string of the molecule is CCC(C)(Br)NC(=O)Br. The number of hydrogen-bond donors (Lipinski definition) is 1. The van der Waals surface area contributed by atoms with Crippen LogP contribution >= 0.6 is 31.9 Å². The summed E-state index contributed by atoms with van der Waals surface area (Å²) in [5.41, 5.74) is 0. The largest absolute Gasteiger partial charge is 0.332 e. The summed E-state index contributed by atoms with van der Waals surface area (Å²) in [5.74, 6) is 0. The van der Waals surface area contributed by atoms with E-state index >= 15 is 0 Å². The Morgan fingerprint density at radius 3 is 2.33 bits per heavy atom. The molecule has 0 aromatic carbocycles. The minimum Gasteiger partial charge on any atom is -0.332 e. The van der Waals surface area contributed by atoms with E-state index in [0.717, 1.165) is 6.42 Å². The molecule has 0 heterocycles. The van der Waals surface area contributed by atoms with Gasteiger partial charge in [0.2, 0.25) is 0 Å². The Morgan fingerprint density at radius 1 is 1.78 bits per heavy atom. The Labute approximate surface area is 71.6 Å². The molecule has 0 aliphatic rings. The Morgan fingerprint density at radius 2 is 2.22 bits per heavy atom. The molecule has 0 spiro atoms. The third-order valence-corrected chi connectivity index (χ3v) is 1.98. The van der Waals surface area contributed by atoms with Crippen LogP contribution in [-0.4, -0.2) is 9.26 Å². The highest BCUT2D eigenvalue weighted by atomic mass is 79.9. The maximum Gasteiger partial charge on any atom is 0.288 e. The predicted molar refractivity (Wildman–Crippen MR) is 45.1 cm³/mol. The number of hydrogen-bond acceptors (Lipinski definition) is 1. The van der Waals surface area contributed by atoms with E-state index in [1.807, 2.05) is 13.8 Å². The lowest BCUT2D eigenvalue weighted by atomic mass is 10.3. The van der Waals surface area contributed by atoms with Gasteiger partial charge in [-0.15, -0.1) is 0 Å². The van der Waals surface area contributed by atoms with Gasteiger partial charge in [-0.05, 0) is 13.3 Å². The first-order valence-corrected chi connectivity index (χ1v) is 4.23. The van der Waals surface area contributed by atoms with Gasteiger partial charge in [-0.25, -0.2) is 0 Å². The van der Waals surface area contributed by atoms with Crippen molar-refractivity contribution >= 4 is 36.7 Å². The van der Waals surface area contributed by atoms with Crippen LogP contribution in [0.15, 0.2) is 0 Å². The van der Waals surface area contributed by atoms with Gasteiger partial charge in [-0.3, -0.25) is 4.79 Å². The molecule has 1 unspecified atom stereocenters. The Bertz CT molecular complexity index is 114. The fraction of sp³-hybridized carbons (Fsp3) is 0.800. The molecule has 1 atom stereocenters. The van der Waals surface area contributed by atoms with Crippen LogP contribution in [0, 0.1) is 0 Å². The minimum atomic E-state index is -0.270. The number of nitrogens with one attached hydrogen (secondary N) is 1. The van der Waals surface area contributed by atoms with Crippen molar-refractivity contribution in [2.24, 2.45) is 0 Å². The topological polar surface area (TPSA) is 29.1 Å². The zero-order valence-electron chi connectivity index (χ0n) is 5.37. The molecule has 0 radical (unpaired) electrons. The summed E-state index contributed by atoms with van der Waals surface area (Å²) in [6.45, 7) is 3.88. The standard InChI is InChI=1S/C5H9Br2NO/c1-3-5(2,7)8-4(6)9/h3H2,1-2H3,(H,8,9). The van der Waals surface area contributed by atoms with E-state index in [4.69, 9.17) is 0 Å². The van der Waals surface area contributed by atoms with Crippen LogP contribution in [0.3, 0.4) is 0 Å². The fourth-order valence-electron chi connectivity index (χ4n) is 0.293. The first-order chi connectivity index (χ1) is 3.98. The highest BCUT2D eigenvalue weighted by Crippen LogP contribution is 2.17. The molecule has 54 valence electrons. The molecule has 0 saturated heterocycles. The maximum atomic E-state index is 10.4. The molecule has 4 heteroatoms. The van der Waals surface area contributed by atoms with Crippen LogP contribution in [-0.2, 0) is 0 Å². The molecule has 0 bridgehead atoms. The first-order valence-electron chi connectivity index (χ1n) is 2.64. The maximum absolute atomic E-state index is 10.4. The van der Waals surface area contributed by atoms with Crippen LogP contribution in [0.25, 0.3) is 0 Å². The highest BCUT2D eigenvalue weighted by Gasteiger charge is 2.17. The van der Waals surface area contributed by atoms with Crippen LogP contribution in [0.5, 0.6) is 0 Å². The van der Waals surface area contributed by atoms with Crippen molar-refractivity contribution in [3.8, 4) is 0 Å². The predicted octanol–water partition coefficient (Wildman–Crippen LogP) is 2.61. The number of alkyl halides is 1. The van der Waals surface area contributed by atoms with Gasteiger partial charge in [0.1, 0.15) is 0 Å². The number of carbonyl (C=O) groups excluding carboxylic acids is 1. The van der Waals surface area contributed by atoms with E-state index in [-0.39, 0.29) is 9.26 Å². The van der Waals surface area contributed by atoms with Crippen molar-refractivity contribution in [3.05, 3.63) is 0 Å². The lowest BCUT2D eigenvalue weighted by molar-refractivity contribution is 0.257. The average molecular weight is 259 g/mol. The third kappa shape index (κ3) is 4.90. The van der Waals surface area contributed by atoms with Gasteiger partial charge in [0.25, 0.3) is 4.82 Å². The number of halogens is 2. The molecule has 0 aromatic rings. The summed E-state index contributed by atoms with van der Waals surface area (Å²) in [6.07, 6.45) is 0.852. The van der Waals surface area contributed by atoms with Gasteiger partial charge in [-0.2, -0.15) is 0 Å². The van der Waals surface area contributed by atoms with Crippen molar-refractivity contribution in [3.63, 3.8) is 0 Å². The Hall–Kier alpha value is 0.430. The van der Waals surface area contributed by atoms with Crippen molar-refractivity contribution in [2.75, 3.05) is 0 Å². The van der Waals surface area contributed by atoms with Gasteiger partial charge in [0, 0.05) is 15.9 Å². The van der Waals surface area contributed by atoms with Gasteiger partial charge in [0.15, 0.2) is 0 Å². The van der Waals surface area contributed by atoms with E-state index in [1.54, 1.807) is 0 Å². The van der Waals surface area contributed by atoms with E-state index in [2.05, 4.69) is 37.2 Å². The molecule has 0 rings (SSSR count). The summed E-state index contributed by atoms with van der Waals surface area (Å²) in [6, 6.07) is 0. The fourth-order valence-corrected chi connectivity index (χ4v) is 1.18. The molecule has 0 saturated carbocycles. The monoisotopic (exact) mass is 257 g/mol. The second kappa shape index (κ2) is 3.56. The number of carbonyl (C=O) groups is 1. The van der Waals surface area contributed by atoms with E-state index in [0.29, 0.717) is 0 Å². The van der Waals surface area contributed by atoms with Gasteiger partial charge < -0.3 is 5.32 Å². The minimum absolute atomic E-state index is 0.191. The molecule has 1 N–H and O–H groups in total. The molecule has 0 aliphatic heterocycles. The molecule has 0 fully saturated rings. The molecule has 0 aromatic heterocycles. The normalized spacial score (nSPS) is 16.4. The van der Waals surface area contributed by atoms with E-state index in [1.165, 1.54) is 0 Å². The van der Waals surface area contributed by atoms with Crippen molar-refractivity contribution in [1.82, 2.24) is 5.32 Å². The molecule has 9 heavy (non-hydrogen) atoms. The molecule has 0 aliphatic carbocycles. The number of rotatable bonds is 2. The van der Waals surface area contributed by atoms with Crippen molar-refractivity contribution in [1.29, 1.82) is 0 Å². The second-order valence-electron chi connectivity index (χ2n) is 1.95. The van der Waals surface area contributed by atoms with Crippen LogP contribution < -0.4 is 5.32 Å².